The number of carboxylic acid groups (broad SMARTS) is 2. The predicted molar refractivity (Wildman–Crippen MR) is 79.0 cm³/mol. The van der Waals surface area contributed by atoms with Gasteiger partial charge in [0.2, 0.25) is 5.91 Å². The quantitative estimate of drug-likeness (QED) is 0.454. The zero-order chi connectivity index (χ0) is 16.1. The second kappa shape index (κ2) is 12.2. The number of hydrogen-bond acceptors (Lipinski definition) is 3. The first kappa shape index (κ1) is 19.4. The van der Waals surface area contributed by atoms with E-state index in [4.69, 9.17) is 10.2 Å². The molecular formula is C15H27NO5. The number of carbonyl (C=O) groups excluding carboxylic acids is 1. The van der Waals surface area contributed by atoms with Crippen LogP contribution in [0, 0.1) is 0 Å². The predicted octanol–water partition coefficient (Wildman–Crippen LogP) is 2.56. The van der Waals surface area contributed by atoms with E-state index < -0.39 is 18.0 Å². The van der Waals surface area contributed by atoms with Crippen LogP contribution in [-0.4, -0.2) is 34.1 Å². The van der Waals surface area contributed by atoms with Crippen molar-refractivity contribution in [3.63, 3.8) is 0 Å². The number of unbranched alkanes of at least 4 members (excludes halogenated alkanes) is 5. The highest BCUT2D eigenvalue weighted by Crippen LogP contribution is 2.07. The van der Waals surface area contributed by atoms with E-state index >= 15 is 0 Å². The van der Waals surface area contributed by atoms with E-state index in [1.807, 2.05) is 0 Å². The molecule has 0 radical (unpaired) electrons. The first-order valence-electron chi connectivity index (χ1n) is 7.71. The van der Waals surface area contributed by atoms with Gasteiger partial charge in [-0.3, -0.25) is 9.59 Å². The summed E-state index contributed by atoms with van der Waals surface area (Å²) in [5.74, 6) is -2.34. The molecule has 122 valence electrons. The molecule has 0 aromatic rings. The molecule has 21 heavy (non-hydrogen) atoms. The van der Waals surface area contributed by atoms with E-state index in [2.05, 4.69) is 12.2 Å². The fraction of sp³-hybridized carbons (Fsp3) is 0.800. The van der Waals surface area contributed by atoms with E-state index in [1.54, 1.807) is 0 Å². The van der Waals surface area contributed by atoms with Crippen LogP contribution in [0.15, 0.2) is 0 Å². The van der Waals surface area contributed by atoms with Gasteiger partial charge in [0.15, 0.2) is 0 Å². The minimum atomic E-state index is -1.11. The molecule has 0 aromatic heterocycles. The van der Waals surface area contributed by atoms with Crippen LogP contribution in [0.25, 0.3) is 0 Å². The van der Waals surface area contributed by atoms with Gasteiger partial charge in [0.25, 0.3) is 0 Å². The third kappa shape index (κ3) is 11.9. The summed E-state index contributed by atoms with van der Waals surface area (Å²) < 4.78 is 0. The van der Waals surface area contributed by atoms with Crippen LogP contribution in [0.2, 0.25) is 0 Å². The molecule has 6 nitrogen and oxygen atoms in total. The van der Waals surface area contributed by atoms with Crippen LogP contribution in [0.3, 0.4) is 0 Å². The minimum absolute atomic E-state index is 0.0862. The van der Waals surface area contributed by atoms with Gasteiger partial charge in [-0.15, -0.1) is 0 Å². The average Bonchev–Trinajstić information content (AvgIpc) is 2.41. The Kier molecular flexibility index (Phi) is 11.3. The molecular weight excluding hydrogens is 274 g/mol. The van der Waals surface area contributed by atoms with E-state index in [1.165, 1.54) is 19.3 Å². The van der Waals surface area contributed by atoms with E-state index in [-0.39, 0.29) is 25.2 Å². The molecule has 0 aromatic carbocycles. The van der Waals surface area contributed by atoms with Crippen molar-refractivity contribution in [3.05, 3.63) is 0 Å². The SMILES string of the molecule is CCCCCCCCC(=O)NC(CCCC(=O)O)C(=O)O. The van der Waals surface area contributed by atoms with Crippen LogP contribution in [0.1, 0.15) is 71.1 Å². The molecule has 0 aliphatic rings. The van der Waals surface area contributed by atoms with Crippen LogP contribution < -0.4 is 5.32 Å². The smallest absolute Gasteiger partial charge is 0.326 e. The molecule has 0 aliphatic carbocycles. The molecule has 1 atom stereocenters. The highest BCUT2D eigenvalue weighted by atomic mass is 16.4. The highest BCUT2D eigenvalue weighted by molar-refractivity contribution is 5.83. The molecule has 0 saturated carbocycles. The molecule has 0 heterocycles. The van der Waals surface area contributed by atoms with Crippen LogP contribution in [0.5, 0.6) is 0 Å². The molecule has 0 aliphatic heterocycles. The molecule has 1 amide bonds. The fourth-order valence-electron chi connectivity index (χ4n) is 2.05. The van der Waals surface area contributed by atoms with Crippen molar-refractivity contribution in [3.8, 4) is 0 Å². The second-order valence-electron chi connectivity index (χ2n) is 5.26. The summed E-state index contributed by atoms with van der Waals surface area (Å²) in [5.41, 5.74) is 0. The van der Waals surface area contributed by atoms with Crippen LogP contribution in [0.4, 0.5) is 0 Å². The zero-order valence-corrected chi connectivity index (χ0v) is 12.8. The first-order valence-corrected chi connectivity index (χ1v) is 7.71. The van der Waals surface area contributed by atoms with Gasteiger partial charge in [-0.2, -0.15) is 0 Å². The topological polar surface area (TPSA) is 104 Å². The van der Waals surface area contributed by atoms with Crippen molar-refractivity contribution in [2.45, 2.75) is 77.2 Å². The van der Waals surface area contributed by atoms with Gasteiger partial charge in [0, 0.05) is 12.8 Å². The summed E-state index contributed by atoms with van der Waals surface area (Å²) in [5, 5.41) is 20.0. The Balaban J connectivity index is 3.84. The zero-order valence-electron chi connectivity index (χ0n) is 12.8. The van der Waals surface area contributed by atoms with Crippen molar-refractivity contribution in [2.75, 3.05) is 0 Å². The standard InChI is InChI=1S/C15H27NO5/c1-2-3-4-5-6-7-10-13(17)16-12(15(20)21)9-8-11-14(18)19/h12H,2-11H2,1H3,(H,16,17)(H,18,19)(H,20,21). The fourth-order valence-corrected chi connectivity index (χ4v) is 2.05. The maximum absolute atomic E-state index is 11.7. The maximum atomic E-state index is 11.7. The number of amides is 1. The third-order valence-electron chi connectivity index (χ3n) is 3.27. The molecule has 0 saturated heterocycles. The van der Waals surface area contributed by atoms with Crippen LogP contribution in [-0.2, 0) is 14.4 Å². The Labute approximate surface area is 125 Å². The number of carbonyl (C=O) groups is 3. The number of carboxylic acids is 2. The number of aliphatic carboxylic acids is 2. The largest absolute Gasteiger partial charge is 0.481 e. The lowest BCUT2D eigenvalue weighted by Gasteiger charge is -2.14. The Morgan fingerprint density at radius 3 is 2.10 bits per heavy atom. The lowest BCUT2D eigenvalue weighted by atomic mass is 10.1. The normalized spacial score (nSPS) is 11.9. The van der Waals surface area contributed by atoms with Gasteiger partial charge in [0.05, 0.1) is 0 Å². The van der Waals surface area contributed by atoms with Gasteiger partial charge >= 0.3 is 11.9 Å². The minimum Gasteiger partial charge on any atom is -0.481 e. The lowest BCUT2D eigenvalue weighted by Crippen LogP contribution is -2.40. The summed E-state index contributed by atoms with van der Waals surface area (Å²) in [7, 11) is 0. The van der Waals surface area contributed by atoms with E-state index in [0.29, 0.717) is 6.42 Å². The van der Waals surface area contributed by atoms with Gasteiger partial charge in [-0.25, -0.2) is 4.79 Å². The Morgan fingerprint density at radius 1 is 0.905 bits per heavy atom. The number of hydrogen-bond donors (Lipinski definition) is 3. The van der Waals surface area contributed by atoms with Crippen molar-refractivity contribution < 1.29 is 24.6 Å². The third-order valence-corrected chi connectivity index (χ3v) is 3.27. The van der Waals surface area contributed by atoms with Crippen LogP contribution >= 0.6 is 0 Å². The number of nitrogens with one attached hydrogen (secondary N) is 1. The number of rotatable bonds is 13. The van der Waals surface area contributed by atoms with Crippen molar-refractivity contribution in [1.82, 2.24) is 5.32 Å². The molecule has 6 heteroatoms. The lowest BCUT2D eigenvalue weighted by molar-refractivity contribution is -0.142. The Morgan fingerprint density at radius 2 is 1.52 bits per heavy atom. The van der Waals surface area contributed by atoms with Gasteiger partial charge < -0.3 is 15.5 Å². The molecule has 1 unspecified atom stereocenters. The van der Waals surface area contributed by atoms with Crippen molar-refractivity contribution >= 4 is 17.8 Å². The summed E-state index contributed by atoms with van der Waals surface area (Å²) in [4.78, 5) is 33.0. The molecule has 3 N–H and O–H groups in total. The maximum Gasteiger partial charge on any atom is 0.326 e. The average molecular weight is 301 g/mol. The molecule has 0 spiro atoms. The van der Waals surface area contributed by atoms with Gasteiger partial charge in [-0.1, -0.05) is 39.0 Å². The summed E-state index contributed by atoms with van der Waals surface area (Å²) in [6.07, 6.45) is 7.02. The Bertz CT molecular complexity index is 330. The Hall–Kier alpha value is -1.59. The summed E-state index contributed by atoms with van der Waals surface area (Å²) in [6, 6.07) is -0.989. The van der Waals surface area contributed by atoms with Gasteiger partial charge in [0.1, 0.15) is 6.04 Å². The summed E-state index contributed by atoms with van der Waals surface area (Å²) in [6.45, 7) is 2.14. The summed E-state index contributed by atoms with van der Waals surface area (Å²) >= 11 is 0. The van der Waals surface area contributed by atoms with Gasteiger partial charge in [-0.05, 0) is 19.3 Å². The monoisotopic (exact) mass is 301 g/mol. The second-order valence-corrected chi connectivity index (χ2v) is 5.26. The highest BCUT2D eigenvalue weighted by Gasteiger charge is 2.19. The van der Waals surface area contributed by atoms with Crippen molar-refractivity contribution in [1.29, 1.82) is 0 Å². The molecule has 0 rings (SSSR count). The molecule has 0 bridgehead atoms. The first-order chi connectivity index (χ1) is 9.97. The molecule has 0 fully saturated rings. The van der Waals surface area contributed by atoms with Crippen molar-refractivity contribution in [2.24, 2.45) is 0 Å². The van der Waals surface area contributed by atoms with E-state index in [9.17, 15) is 14.4 Å². The van der Waals surface area contributed by atoms with E-state index in [0.717, 1.165) is 19.3 Å².